The average molecular weight is 1020 g/mol. The Morgan fingerprint density at radius 1 is 0.542 bits per heavy atom. The number of carboxylic acid groups (broad SMARTS) is 1. The molecule has 26 heteroatoms. The van der Waals surface area contributed by atoms with Gasteiger partial charge >= 0.3 is 5.97 Å². The number of aromatic hydroxyl groups is 2. The van der Waals surface area contributed by atoms with E-state index in [2.05, 4.69) is 37.2 Å². The Morgan fingerprint density at radius 2 is 0.958 bits per heavy atom. The third-order valence-electron chi connectivity index (χ3n) is 10.9. The number of carbonyl (C=O) groups excluding carboxylic acids is 9. The lowest BCUT2D eigenvalue weighted by atomic mass is 10.00. The number of aliphatic hydroxyl groups is 2. The van der Waals surface area contributed by atoms with Gasteiger partial charge in [-0.05, 0) is 80.5 Å². The van der Waals surface area contributed by atoms with Crippen molar-refractivity contribution in [2.24, 2.45) is 28.9 Å². The summed E-state index contributed by atoms with van der Waals surface area (Å²) in [5.41, 5.74) is 23.0. The van der Waals surface area contributed by atoms with Crippen LogP contribution in [-0.4, -0.2) is 152 Å². The van der Waals surface area contributed by atoms with E-state index < -0.39 is 127 Å². The highest BCUT2D eigenvalue weighted by molar-refractivity contribution is 5.99. The number of nitrogens with two attached hydrogens (primary N) is 4. The fraction of sp³-hybridized carbons (Fsp3) is 0.522. The summed E-state index contributed by atoms with van der Waals surface area (Å²) in [6, 6.07) is -1.84. The van der Waals surface area contributed by atoms with Gasteiger partial charge in [0.25, 0.3) is 0 Å². The van der Waals surface area contributed by atoms with Gasteiger partial charge in [-0.25, -0.2) is 4.79 Å². The molecule has 0 radical (unpaired) electrons. The lowest BCUT2D eigenvalue weighted by Gasteiger charge is -2.28. The van der Waals surface area contributed by atoms with Crippen LogP contribution in [0.15, 0.2) is 48.5 Å². The number of aliphatic hydroxyl groups excluding tert-OH is 2. The molecular formula is C46H69N11O15. The summed E-state index contributed by atoms with van der Waals surface area (Å²) in [7, 11) is 0. The molecule has 9 amide bonds. The van der Waals surface area contributed by atoms with Gasteiger partial charge in [0.05, 0.1) is 25.2 Å². The maximum absolute atomic E-state index is 14.1. The second-order valence-corrected chi connectivity index (χ2v) is 17.6. The van der Waals surface area contributed by atoms with Crippen molar-refractivity contribution in [3.63, 3.8) is 0 Å². The molecule has 0 saturated heterocycles. The summed E-state index contributed by atoms with van der Waals surface area (Å²) in [4.78, 5) is 132. The van der Waals surface area contributed by atoms with Gasteiger partial charge in [0.1, 0.15) is 47.8 Å². The smallest absolute Gasteiger partial charge is 0.328 e. The van der Waals surface area contributed by atoms with Crippen LogP contribution in [0.3, 0.4) is 0 Å². The van der Waals surface area contributed by atoms with E-state index in [0.717, 1.165) is 6.92 Å². The molecule has 0 aliphatic carbocycles. The Hall–Kier alpha value is -7.42. The van der Waals surface area contributed by atoms with Crippen molar-refractivity contribution in [3.05, 3.63) is 59.7 Å². The zero-order valence-corrected chi connectivity index (χ0v) is 40.3. The molecule has 72 heavy (non-hydrogen) atoms. The maximum Gasteiger partial charge on any atom is 0.328 e. The Morgan fingerprint density at radius 3 is 1.40 bits per heavy atom. The topological polar surface area (TPSA) is 460 Å². The molecule has 0 aromatic heterocycles. The van der Waals surface area contributed by atoms with Gasteiger partial charge < -0.3 is 85.7 Å². The molecule has 2 rings (SSSR count). The first-order valence-electron chi connectivity index (χ1n) is 23.1. The predicted octanol–water partition coefficient (Wildman–Crippen LogP) is -4.62. The minimum absolute atomic E-state index is 0.101. The van der Waals surface area contributed by atoms with Gasteiger partial charge in [0, 0.05) is 19.3 Å². The molecule has 2 aromatic rings. The van der Waals surface area contributed by atoms with Gasteiger partial charge in [-0.2, -0.15) is 0 Å². The molecule has 398 valence electrons. The fourth-order valence-electron chi connectivity index (χ4n) is 6.94. The van der Waals surface area contributed by atoms with E-state index >= 15 is 0 Å². The maximum atomic E-state index is 14.1. The minimum atomic E-state index is -1.83. The predicted molar refractivity (Wildman–Crippen MR) is 256 cm³/mol. The number of hydrogen-bond acceptors (Lipinski definition) is 16. The molecule has 0 aliphatic rings. The molecule has 20 N–H and O–H groups in total. The Labute approximate surface area is 415 Å². The van der Waals surface area contributed by atoms with Crippen LogP contribution in [0.4, 0.5) is 0 Å². The van der Waals surface area contributed by atoms with Gasteiger partial charge in [-0.3, -0.25) is 43.2 Å². The normalized spacial score (nSPS) is 14.8. The summed E-state index contributed by atoms with van der Waals surface area (Å²) in [5, 5.41) is 66.1. The van der Waals surface area contributed by atoms with E-state index in [-0.39, 0.29) is 55.9 Å². The number of rotatable bonds is 32. The number of unbranched alkanes of at least 4 members (excludes halogenated alkanes) is 1. The van der Waals surface area contributed by atoms with Crippen molar-refractivity contribution in [1.82, 2.24) is 37.2 Å². The van der Waals surface area contributed by atoms with Crippen LogP contribution in [0.1, 0.15) is 76.8 Å². The Kier molecular flexibility index (Phi) is 25.6. The first kappa shape index (κ1) is 60.7. The third-order valence-corrected chi connectivity index (χ3v) is 10.9. The number of nitrogens with one attached hydrogen (secondary N) is 7. The van der Waals surface area contributed by atoms with Crippen LogP contribution < -0.4 is 60.2 Å². The summed E-state index contributed by atoms with van der Waals surface area (Å²) >= 11 is 0. The van der Waals surface area contributed by atoms with Gasteiger partial charge in [-0.1, -0.05) is 44.5 Å². The number of amides is 9. The number of carboxylic acids is 1. The van der Waals surface area contributed by atoms with Crippen molar-refractivity contribution >= 4 is 59.1 Å². The van der Waals surface area contributed by atoms with E-state index in [0.29, 0.717) is 30.5 Å². The molecule has 0 fully saturated rings. The number of benzene rings is 2. The molecule has 2 aromatic carbocycles. The number of aliphatic carboxylic acids is 1. The average Bonchev–Trinajstić information content (AvgIpc) is 3.30. The largest absolute Gasteiger partial charge is 0.508 e. The highest BCUT2D eigenvalue weighted by Crippen LogP contribution is 2.15. The molecule has 9 atom stereocenters. The molecule has 0 saturated carbocycles. The van der Waals surface area contributed by atoms with Crippen molar-refractivity contribution in [3.8, 4) is 11.5 Å². The zero-order chi connectivity index (χ0) is 54.2. The SMILES string of the molecule is CC(C)C[C@H](NC(=O)[C@H](CC(N)=O)NC(=O)[C@H](Cc1ccc(O)cc1)NC(=O)[C@H](CO)NC(=O)[C@H](CCC(N)=O)NC(=O)[C@@H](N)CCCCN)C(=O)N[C@@H](Cc1ccc(O)cc1)C(=O)N[C@H](C(=O)O)[C@@H](C)O. The monoisotopic (exact) mass is 1020 g/mol. The van der Waals surface area contributed by atoms with Crippen LogP contribution in [0.5, 0.6) is 11.5 Å². The van der Waals surface area contributed by atoms with E-state index in [1.807, 2.05) is 0 Å². The zero-order valence-electron chi connectivity index (χ0n) is 40.3. The summed E-state index contributed by atoms with van der Waals surface area (Å²) in [6.07, 6.45) is -2.59. The molecule has 0 spiro atoms. The van der Waals surface area contributed by atoms with Gasteiger partial charge in [0.2, 0.25) is 53.2 Å². The molecule has 0 unspecified atom stereocenters. The Bertz CT molecular complexity index is 2180. The molecular weight excluding hydrogens is 947 g/mol. The van der Waals surface area contributed by atoms with Crippen molar-refractivity contribution in [2.75, 3.05) is 13.2 Å². The number of primary amides is 2. The lowest BCUT2D eigenvalue weighted by Crippen LogP contribution is -2.61. The number of phenols is 2. The van der Waals surface area contributed by atoms with E-state index in [9.17, 15) is 73.5 Å². The van der Waals surface area contributed by atoms with Crippen LogP contribution in [0.2, 0.25) is 0 Å². The number of carbonyl (C=O) groups is 10. The lowest BCUT2D eigenvalue weighted by molar-refractivity contribution is -0.145. The summed E-state index contributed by atoms with van der Waals surface area (Å²) in [6.45, 7) is 3.79. The van der Waals surface area contributed by atoms with Crippen LogP contribution in [0, 0.1) is 5.92 Å². The van der Waals surface area contributed by atoms with E-state index in [1.165, 1.54) is 48.5 Å². The quantitative estimate of drug-likeness (QED) is 0.0307. The Balaban J connectivity index is 2.45. The van der Waals surface area contributed by atoms with Gasteiger partial charge in [-0.15, -0.1) is 0 Å². The molecule has 26 nitrogen and oxygen atoms in total. The van der Waals surface area contributed by atoms with E-state index in [4.69, 9.17) is 22.9 Å². The second-order valence-electron chi connectivity index (χ2n) is 17.6. The number of hydrogen-bond donors (Lipinski definition) is 16. The second kappa shape index (κ2) is 30.3. The standard InChI is InChI=1S/C46H69N11O15/c1-23(2)18-31(41(66)53-33(20-26-9-13-28(61)14-10-26)44(69)57-38(24(3)59)46(71)72)52-43(68)34(21-37(50)63)55-42(67)32(19-25-7-11-27(60)12-8-25)54-45(70)35(22-58)56-40(65)30(15-16-36(49)62)51-39(64)29(48)6-4-5-17-47/h7-14,23-24,29-35,38,58-61H,4-6,15-22,47-48H2,1-3H3,(H2,49,62)(H2,50,63)(H,51,64)(H,52,68)(H,53,66)(H,54,70)(H,55,67)(H,56,65)(H,57,69)(H,71,72)/t24-,29+,30+,31+,32+,33+,34+,35+,38+/m1/s1. The molecule has 0 bridgehead atoms. The van der Waals surface area contributed by atoms with Gasteiger partial charge in [0.15, 0.2) is 6.04 Å². The highest BCUT2D eigenvalue weighted by atomic mass is 16.4. The van der Waals surface area contributed by atoms with Crippen LogP contribution >= 0.6 is 0 Å². The third kappa shape index (κ3) is 21.7. The molecule has 0 aliphatic heterocycles. The van der Waals surface area contributed by atoms with Crippen molar-refractivity contribution in [1.29, 1.82) is 0 Å². The van der Waals surface area contributed by atoms with Crippen molar-refractivity contribution < 1.29 is 73.5 Å². The van der Waals surface area contributed by atoms with Crippen LogP contribution in [0.25, 0.3) is 0 Å². The summed E-state index contributed by atoms with van der Waals surface area (Å²) in [5.74, 6) is -11.3. The fourth-order valence-corrected chi connectivity index (χ4v) is 6.94. The minimum Gasteiger partial charge on any atom is -0.508 e. The van der Waals surface area contributed by atoms with Crippen LogP contribution in [-0.2, 0) is 60.8 Å². The van der Waals surface area contributed by atoms with E-state index in [1.54, 1.807) is 13.8 Å². The number of phenolic OH excluding ortho intramolecular Hbond substituents is 2. The van der Waals surface area contributed by atoms with Crippen molar-refractivity contribution in [2.45, 2.75) is 133 Å². The first-order chi connectivity index (χ1) is 33.8. The summed E-state index contributed by atoms with van der Waals surface area (Å²) < 4.78 is 0. The first-order valence-corrected chi connectivity index (χ1v) is 23.1. The highest BCUT2D eigenvalue weighted by Gasteiger charge is 2.36. The molecule has 0 heterocycles.